The van der Waals surface area contributed by atoms with Crippen molar-refractivity contribution in [1.29, 1.82) is 0 Å². The van der Waals surface area contributed by atoms with E-state index in [1.165, 1.54) is 12.8 Å². The van der Waals surface area contributed by atoms with Crippen LogP contribution >= 0.6 is 17.2 Å². The Morgan fingerprint density at radius 3 is 1.00 bits per heavy atom. The lowest BCUT2D eigenvalue weighted by Gasteiger charge is -2.51. The third-order valence-corrected chi connectivity index (χ3v) is 13.5. The van der Waals surface area contributed by atoms with E-state index in [1.54, 1.807) is 0 Å². The largest absolute Gasteiger partial charge is 0.332 e. The highest BCUT2D eigenvalue weighted by molar-refractivity contribution is 7.42. The Hall–Kier alpha value is 0.620. The van der Waals surface area contributed by atoms with Gasteiger partial charge in [-0.05, 0) is 82.9 Å². The van der Waals surface area contributed by atoms with Crippen molar-refractivity contribution >= 4 is 17.2 Å². The Kier molecular flexibility index (Phi) is 11.2. The van der Waals surface area contributed by atoms with Crippen molar-refractivity contribution in [3.8, 4) is 0 Å². The van der Waals surface area contributed by atoms with Gasteiger partial charge in [0.25, 0.3) is 0 Å². The number of hydrogen-bond donors (Lipinski definition) is 0. The summed E-state index contributed by atoms with van der Waals surface area (Å²) in [7, 11) is -2.76. The fourth-order valence-corrected chi connectivity index (χ4v) is 11.4. The van der Waals surface area contributed by atoms with E-state index in [9.17, 15) is 0 Å². The van der Waals surface area contributed by atoms with Gasteiger partial charge in [0, 0.05) is 0 Å². The van der Waals surface area contributed by atoms with Gasteiger partial charge in [-0.3, -0.25) is 0 Å². The average molecular weight is 645 g/mol. The second-order valence-electron chi connectivity index (χ2n) is 19.1. The minimum absolute atomic E-state index is 0.153. The molecule has 6 nitrogen and oxygen atoms in total. The topological polar surface area (TPSA) is 55.4 Å². The van der Waals surface area contributed by atoms with E-state index in [1.807, 2.05) is 0 Å². The van der Waals surface area contributed by atoms with Crippen LogP contribution in [0.3, 0.4) is 0 Å². The van der Waals surface area contributed by atoms with Crippen molar-refractivity contribution in [1.82, 2.24) is 0 Å². The Bertz CT molecular complexity index is 822. The van der Waals surface area contributed by atoms with Gasteiger partial charge < -0.3 is 27.1 Å². The highest BCUT2D eigenvalue weighted by Crippen LogP contribution is 2.59. The van der Waals surface area contributed by atoms with Crippen molar-refractivity contribution in [3.05, 3.63) is 0 Å². The maximum Gasteiger partial charge on any atom is 0.332 e. The molecule has 0 radical (unpaired) electrons. The fraction of sp³-hybridized carbons (Fsp3) is 1.00. The molecule has 0 aromatic carbocycles. The normalized spacial score (nSPS) is 42.3. The van der Waals surface area contributed by atoms with Crippen LogP contribution in [0.1, 0.15) is 123 Å². The third kappa shape index (κ3) is 8.95. The second-order valence-corrected chi connectivity index (χ2v) is 21.5. The molecule has 0 aromatic heterocycles. The van der Waals surface area contributed by atoms with Crippen molar-refractivity contribution in [2.45, 2.75) is 135 Å². The minimum atomic E-state index is -1.38. The summed E-state index contributed by atoms with van der Waals surface area (Å²) in [5.74, 6) is 3.53. The molecular weight excluding hydrogens is 578 g/mol. The molecule has 8 heteroatoms. The zero-order chi connectivity index (χ0) is 32.2. The summed E-state index contributed by atoms with van der Waals surface area (Å²) in [6.07, 6.45) is 4.79. The van der Waals surface area contributed by atoms with Gasteiger partial charge in [-0.2, -0.15) is 0 Å². The molecular formula is C35H66O6P2. The molecule has 1 spiro atoms. The molecule has 252 valence electrons. The average Bonchev–Trinajstić information content (AvgIpc) is 2.84. The van der Waals surface area contributed by atoms with Gasteiger partial charge in [0.05, 0.1) is 44.1 Å². The van der Waals surface area contributed by atoms with Gasteiger partial charge in [-0.15, -0.1) is 0 Å². The molecule has 4 aliphatic rings. The van der Waals surface area contributed by atoms with Gasteiger partial charge in [-0.25, -0.2) is 0 Å². The van der Waals surface area contributed by atoms with Crippen molar-refractivity contribution in [2.75, 3.05) is 26.4 Å². The van der Waals surface area contributed by atoms with E-state index in [2.05, 4.69) is 96.9 Å². The summed E-state index contributed by atoms with van der Waals surface area (Å²) in [6.45, 7) is 35.4. The first kappa shape index (κ1) is 36.5. The summed E-state index contributed by atoms with van der Waals surface area (Å²) in [5.41, 5.74) is 0.624. The first-order valence-corrected chi connectivity index (χ1v) is 19.2. The summed E-state index contributed by atoms with van der Waals surface area (Å²) in [5, 5.41) is 0. The van der Waals surface area contributed by atoms with Crippen molar-refractivity contribution in [2.24, 2.45) is 62.6 Å². The molecule has 0 aromatic rings. The van der Waals surface area contributed by atoms with Crippen LogP contribution in [0, 0.1) is 62.6 Å². The van der Waals surface area contributed by atoms with Gasteiger partial charge in [0.1, 0.15) is 0 Å². The molecule has 4 fully saturated rings. The van der Waals surface area contributed by atoms with Crippen LogP contribution in [0.5, 0.6) is 0 Å². The molecule has 2 saturated carbocycles. The predicted molar refractivity (Wildman–Crippen MR) is 178 cm³/mol. The van der Waals surface area contributed by atoms with Crippen LogP contribution in [0.15, 0.2) is 0 Å². The standard InChI is InChI=1S/C35H66O6P2/c1-23-15-29(27(33(9,10)11)17-25(23)31(3,4)5)40-42-36-19-35(20-37-42)21-38-43(39-22-35)41-30-16-24(2)26(32(6,7)8)18-28(30)34(12,13)14/h23-30H,15-22H2,1-14H3. The van der Waals surface area contributed by atoms with E-state index in [4.69, 9.17) is 27.1 Å². The van der Waals surface area contributed by atoms with Crippen molar-refractivity contribution in [3.63, 3.8) is 0 Å². The predicted octanol–water partition coefficient (Wildman–Crippen LogP) is 10.8. The van der Waals surface area contributed by atoms with Crippen LogP contribution in [-0.2, 0) is 27.1 Å². The number of hydrogen-bond acceptors (Lipinski definition) is 6. The van der Waals surface area contributed by atoms with Gasteiger partial charge >= 0.3 is 17.2 Å². The molecule has 2 saturated heterocycles. The lowest BCUT2D eigenvalue weighted by molar-refractivity contribution is -0.104. The van der Waals surface area contributed by atoms with E-state index in [-0.39, 0.29) is 28.5 Å². The molecule has 0 amide bonds. The quantitative estimate of drug-likeness (QED) is 0.284. The summed E-state index contributed by atoms with van der Waals surface area (Å²) in [4.78, 5) is 0. The van der Waals surface area contributed by atoms with Gasteiger partial charge in [-0.1, -0.05) is 96.9 Å². The highest BCUT2D eigenvalue weighted by atomic mass is 31.2. The molecule has 2 aliphatic carbocycles. The maximum absolute atomic E-state index is 6.66. The minimum Gasteiger partial charge on any atom is -0.311 e. The van der Waals surface area contributed by atoms with Gasteiger partial charge in [0.2, 0.25) is 0 Å². The monoisotopic (exact) mass is 644 g/mol. The zero-order valence-corrected chi connectivity index (χ0v) is 31.9. The first-order valence-electron chi connectivity index (χ1n) is 17.0. The molecule has 0 bridgehead atoms. The summed E-state index contributed by atoms with van der Waals surface area (Å²) >= 11 is 0. The van der Waals surface area contributed by atoms with Crippen LogP contribution in [0.2, 0.25) is 0 Å². The summed E-state index contributed by atoms with van der Waals surface area (Å²) in [6, 6.07) is 0. The van der Waals surface area contributed by atoms with Crippen LogP contribution in [-0.4, -0.2) is 38.6 Å². The molecule has 8 atom stereocenters. The molecule has 4 rings (SSSR count). The molecule has 8 unspecified atom stereocenters. The van der Waals surface area contributed by atoms with Gasteiger partial charge in [0.15, 0.2) is 0 Å². The smallest absolute Gasteiger partial charge is 0.311 e. The Morgan fingerprint density at radius 2 is 0.744 bits per heavy atom. The molecule has 2 aliphatic heterocycles. The lowest BCUT2D eigenvalue weighted by atomic mass is 9.58. The van der Waals surface area contributed by atoms with E-state index in [0.29, 0.717) is 72.8 Å². The fourth-order valence-electron chi connectivity index (χ4n) is 8.60. The zero-order valence-electron chi connectivity index (χ0n) is 30.1. The van der Waals surface area contributed by atoms with Crippen molar-refractivity contribution < 1.29 is 27.1 Å². The first-order chi connectivity index (χ1) is 19.6. The van der Waals surface area contributed by atoms with E-state index < -0.39 is 17.2 Å². The van der Waals surface area contributed by atoms with E-state index >= 15 is 0 Å². The molecule has 0 N–H and O–H groups in total. The van der Waals surface area contributed by atoms with Crippen LogP contribution in [0.25, 0.3) is 0 Å². The second kappa shape index (κ2) is 13.3. The maximum atomic E-state index is 6.66. The summed E-state index contributed by atoms with van der Waals surface area (Å²) < 4.78 is 38.5. The number of rotatable bonds is 4. The molecule has 2 heterocycles. The van der Waals surface area contributed by atoms with Crippen LogP contribution < -0.4 is 0 Å². The lowest BCUT2D eigenvalue weighted by Crippen LogP contribution is -2.48. The Balaban J connectivity index is 1.30. The van der Waals surface area contributed by atoms with Crippen LogP contribution in [0.4, 0.5) is 0 Å². The Morgan fingerprint density at radius 1 is 0.465 bits per heavy atom. The highest BCUT2D eigenvalue weighted by Gasteiger charge is 2.50. The molecule has 43 heavy (non-hydrogen) atoms. The third-order valence-electron chi connectivity index (χ3n) is 11.3. The SMILES string of the molecule is CC1CC(OP2OCC3(CO2)COP(OC2CC(C)C(C(C)(C)C)CC2C(C)(C)C)OC3)C(C(C)(C)C)CC1C(C)(C)C. The Labute approximate surface area is 267 Å². The van der Waals surface area contributed by atoms with E-state index in [0.717, 1.165) is 12.8 Å².